The maximum Gasteiger partial charge on any atom is 0.224 e. The lowest BCUT2D eigenvalue weighted by Crippen LogP contribution is -2.34. The molecule has 2 aromatic rings. The van der Waals surface area contributed by atoms with Crippen molar-refractivity contribution in [2.75, 3.05) is 13.2 Å². The fourth-order valence-electron chi connectivity index (χ4n) is 1.81. The van der Waals surface area contributed by atoms with Crippen LogP contribution in [0.15, 0.2) is 30.5 Å². The van der Waals surface area contributed by atoms with Crippen LogP contribution >= 0.6 is 11.6 Å². The van der Waals surface area contributed by atoms with Crippen LogP contribution in [-0.4, -0.2) is 40.4 Å². The Bertz CT molecular complexity index is 618. The lowest BCUT2D eigenvalue weighted by atomic mass is 10.1. The molecule has 5 nitrogen and oxygen atoms in total. The maximum absolute atomic E-state index is 11.7. The summed E-state index contributed by atoms with van der Waals surface area (Å²) in [7, 11) is 0. The number of fused-ring (bicyclic) bond motifs is 1. The zero-order chi connectivity index (χ0) is 14.5. The van der Waals surface area contributed by atoms with Gasteiger partial charge in [-0.2, -0.15) is 0 Å². The topological polar surface area (TPSA) is 82.5 Å². The molecule has 0 radical (unpaired) electrons. The number of amides is 1. The van der Waals surface area contributed by atoms with Crippen molar-refractivity contribution in [3.8, 4) is 0 Å². The molecule has 1 amide bonds. The van der Waals surface area contributed by atoms with Crippen LogP contribution in [0.5, 0.6) is 0 Å². The Labute approximate surface area is 121 Å². The van der Waals surface area contributed by atoms with E-state index in [4.69, 9.17) is 21.8 Å². The van der Waals surface area contributed by atoms with Gasteiger partial charge in [0.2, 0.25) is 5.91 Å². The molecule has 0 fully saturated rings. The Morgan fingerprint density at radius 2 is 2.20 bits per heavy atom. The van der Waals surface area contributed by atoms with Gasteiger partial charge in [0.1, 0.15) is 0 Å². The molecule has 0 bridgehead atoms. The zero-order valence-corrected chi connectivity index (χ0v) is 11.5. The first-order valence-electron chi connectivity index (χ1n) is 6.18. The van der Waals surface area contributed by atoms with Gasteiger partial charge < -0.3 is 15.5 Å². The smallest absolute Gasteiger partial charge is 0.224 e. The Morgan fingerprint density at radius 1 is 1.40 bits per heavy atom. The quantitative estimate of drug-likeness (QED) is 0.765. The van der Waals surface area contributed by atoms with Crippen LogP contribution in [0.2, 0.25) is 5.02 Å². The number of hydrogen-bond donors (Lipinski definition) is 3. The number of nitrogens with zero attached hydrogens (tertiary/aromatic N) is 1. The predicted molar refractivity (Wildman–Crippen MR) is 76.6 cm³/mol. The van der Waals surface area contributed by atoms with Crippen molar-refractivity contribution in [3.63, 3.8) is 0 Å². The number of hydrogen-bond acceptors (Lipinski definition) is 4. The number of rotatable bonds is 5. The monoisotopic (exact) mass is 294 g/mol. The summed E-state index contributed by atoms with van der Waals surface area (Å²) in [5.41, 5.74) is 1.65. The third-order valence-corrected chi connectivity index (χ3v) is 3.03. The number of nitrogens with one attached hydrogen (secondary N) is 1. The van der Waals surface area contributed by atoms with Crippen molar-refractivity contribution < 1.29 is 15.0 Å². The van der Waals surface area contributed by atoms with E-state index in [2.05, 4.69) is 10.3 Å². The highest BCUT2D eigenvalue weighted by Crippen LogP contribution is 2.18. The van der Waals surface area contributed by atoms with Crippen molar-refractivity contribution in [2.24, 2.45) is 0 Å². The molecule has 0 aliphatic rings. The van der Waals surface area contributed by atoms with Gasteiger partial charge in [-0.3, -0.25) is 9.78 Å². The first-order valence-corrected chi connectivity index (χ1v) is 6.56. The van der Waals surface area contributed by atoms with E-state index in [1.807, 2.05) is 18.2 Å². The Balaban J connectivity index is 2.04. The molecule has 3 N–H and O–H groups in total. The normalized spacial score (nSPS) is 12.3. The lowest BCUT2D eigenvalue weighted by molar-refractivity contribution is -0.121. The summed E-state index contributed by atoms with van der Waals surface area (Å²) < 4.78 is 0. The minimum Gasteiger partial charge on any atom is -0.394 e. The van der Waals surface area contributed by atoms with Gasteiger partial charge in [0.15, 0.2) is 0 Å². The molecule has 0 saturated carbocycles. The van der Waals surface area contributed by atoms with E-state index in [-0.39, 0.29) is 25.5 Å². The van der Waals surface area contributed by atoms with Crippen LogP contribution in [0, 0.1) is 0 Å². The second-order valence-electron chi connectivity index (χ2n) is 4.50. The van der Waals surface area contributed by atoms with Gasteiger partial charge in [0.25, 0.3) is 0 Å². The van der Waals surface area contributed by atoms with Gasteiger partial charge in [0.05, 0.1) is 29.7 Å². The molecule has 1 aromatic heterocycles. The van der Waals surface area contributed by atoms with Crippen LogP contribution in [0.4, 0.5) is 0 Å². The molecule has 1 unspecified atom stereocenters. The summed E-state index contributed by atoms with van der Waals surface area (Å²) in [4.78, 5) is 15.9. The third-order valence-electron chi connectivity index (χ3n) is 2.82. The van der Waals surface area contributed by atoms with E-state index < -0.39 is 6.10 Å². The fraction of sp³-hybridized carbons (Fsp3) is 0.286. The summed E-state index contributed by atoms with van der Waals surface area (Å²) in [6, 6.07) is 7.30. The number of carbonyl (C=O) groups is 1. The van der Waals surface area contributed by atoms with Crippen molar-refractivity contribution in [1.82, 2.24) is 10.3 Å². The summed E-state index contributed by atoms with van der Waals surface area (Å²) in [5.74, 6) is -0.216. The standard InChI is InChI=1S/C14H15ClN2O3/c15-11-5-10-3-9(1-2-13(10)16-6-11)4-14(20)17-7-12(19)8-18/h1-3,5-6,12,18-19H,4,7-8H2,(H,17,20). The molecule has 0 spiro atoms. The van der Waals surface area contributed by atoms with E-state index in [0.717, 1.165) is 16.5 Å². The maximum atomic E-state index is 11.7. The van der Waals surface area contributed by atoms with E-state index >= 15 is 0 Å². The van der Waals surface area contributed by atoms with Crippen molar-refractivity contribution in [1.29, 1.82) is 0 Å². The fourth-order valence-corrected chi connectivity index (χ4v) is 1.97. The second-order valence-corrected chi connectivity index (χ2v) is 4.93. The van der Waals surface area contributed by atoms with Gasteiger partial charge in [0, 0.05) is 18.1 Å². The number of pyridine rings is 1. The highest BCUT2D eigenvalue weighted by Gasteiger charge is 2.07. The number of aliphatic hydroxyl groups excluding tert-OH is 2. The summed E-state index contributed by atoms with van der Waals surface area (Å²) in [5, 5.41) is 21.8. The van der Waals surface area contributed by atoms with Gasteiger partial charge in [-0.05, 0) is 23.8 Å². The Morgan fingerprint density at radius 3 is 2.95 bits per heavy atom. The van der Waals surface area contributed by atoms with Crippen LogP contribution in [-0.2, 0) is 11.2 Å². The second kappa shape index (κ2) is 6.65. The van der Waals surface area contributed by atoms with Gasteiger partial charge in [-0.15, -0.1) is 0 Å². The van der Waals surface area contributed by atoms with Crippen LogP contribution < -0.4 is 5.32 Å². The molecule has 1 heterocycles. The number of aromatic nitrogens is 1. The molecule has 20 heavy (non-hydrogen) atoms. The summed E-state index contributed by atoms with van der Waals surface area (Å²) in [6.07, 6.45) is 0.839. The number of halogens is 1. The molecule has 6 heteroatoms. The third kappa shape index (κ3) is 3.90. The lowest BCUT2D eigenvalue weighted by Gasteiger charge is -2.09. The number of aliphatic hydroxyl groups is 2. The van der Waals surface area contributed by atoms with Gasteiger partial charge in [-0.25, -0.2) is 0 Å². The predicted octanol–water partition coefficient (Wildman–Crippen LogP) is 0.900. The van der Waals surface area contributed by atoms with Crippen LogP contribution in [0.1, 0.15) is 5.56 Å². The van der Waals surface area contributed by atoms with E-state index in [1.54, 1.807) is 12.3 Å². The summed E-state index contributed by atoms with van der Waals surface area (Å²) >= 11 is 5.88. The van der Waals surface area contributed by atoms with E-state index in [0.29, 0.717) is 5.02 Å². The Hall–Kier alpha value is -1.69. The van der Waals surface area contributed by atoms with Crippen molar-refractivity contribution >= 4 is 28.4 Å². The van der Waals surface area contributed by atoms with Crippen LogP contribution in [0.25, 0.3) is 10.9 Å². The van der Waals surface area contributed by atoms with Crippen LogP contribution in [0.3, 0.4) is 0 Å². The van der Waals surface area contributed by atoms with Crippen molar-refractivity contribution in [3.05, 3.63) is 41.0 Å². The molecular weight excluding hydrogens is 280 g/mol. The average Bonchev–Trinajstić information content (AvgIpc) is 2.44. The molecule has 1 aromatic carbocycles. The molecule has 0 aliphatic carbocycles. The number of carbonyl (C=O) groups excluding carboxylic acids is 1. The molecule has 0 aliphatic heterocycles. The van der Waals surface area contributed by atoms with Gasteiger partial charge in [-0.1, -0.05) is 17.7 Å². The average molecular weight is 295 g/mol. The SMILES string of the molecule is O=C(Cc1ccc2ncc(Cl)cc2c1)NCC(O)CO. The molecule has 0 saturated heterocycles. The Kier molecular flexibility index (Phi) is 4.89. The molecule has 106 valence electrons. The summed E-state index contributed by atoms with van der Waals surface area (Å²) in [6.45, 7) is -0.337. The van der Waals surface area contributed by atoms with Crippen molar-refractivity contribution in [2.45, 2.75) is 12.5 Å². The van der Waals surface area contributed by atoms with Gasteiger partial charge >= 0.3 is 0 Å². The zero-order valence-electron chi connectivity index (χ0n) is 10.7. The highest BCUT2D eigenvalue weighted by molar-refractivity contribution is 6.31. The molecule has 2 rings (SSSR count). The largest absolute Gasteiger partial charge is 0.394 e. The minimum absolute atomic E-state index is 0.0380. The first-order chi connectivity index (χ1) is 9.58. The first kappa shape index (κ1) is 14.7. The molecular formula is C14H15ClN2O3. The molecule has 1 atom stereocenters. The number of benzene rings is 1. The highest BCUT2D eigenvalue weighted by atomic mass is 35.5. The minimum atomic E-state index is -0.932. The van der Waals surface area contributed by atoms with E-state index in [1.165, 1.54) is 0 Å². The van der Waals surface area contributed by atoms with E-state index in [9.17, 15) is 4.79 Å².